The number of phenolic OH excluding ortho intramolecular Hbond substituents is 1. The lowest BCUT2D eigenvalue weighted by atomic mass is 9.57. The molecule has 0 aliphatic heterocycles. The van der Waals surface area contributed by atoms with E-state index in [0.717, 1.165) is 0 Å². The second-order valence-corrected chi connectivity index (χ2v) is 9.42. The van der Waals surface area contributed by atoms with Crippen LogP contribution in [0.3, 0.4) is 0 Å². The van der Waals surface area contributed by atoms with E-state index in [1.54, 1.807) is 32.3 Å². The van der Waals surface area contributed by atoms with Gasteiger partial charge in [0.25, 0.3) is 5.91 Å². The van der Waals surface area contributed by atoms with Crippen molar-refractivity contribution in [1.29, 1.82) is 0 Å². The molecule has 0 unspecified atom stereocenters. The minimum absolute atomic E-state index is 0.0233. The van der Waals surface area contributed by atoms with Crippen LogP contribution in [0.2, 0.25) is 0 Å². The number of aromatic hydroxyl groups is 1. The van der Waals surface area contributed by atoms with Crippen LogP contribution in [-0.4, -0.2) is 68.5 Å². The third kappa shape index (κ3) is 2.93. The largest absolute Gasteiger partial charge is 0.508 e. The number of amides is 1. The Bertz CT molecular complexity index is 1350. The number of rotatable bonds is 3. The number of hydrogen-bond acceptors (Lipinski definition) is 9. The molecule has 6 N–H and O–H groups in total. The normalized spacial score (nSPS) is 28.2. The number of likely N-dealkylation sites (N-methyl/N-ethyl adjacent to an activating group) is 1. The van der Waals surface area contributed by atoms with Crippen LogP contribution in [0.1, 0.15) is 17.5 Å². The van der Waals surface area contributed by atoms with Crippen LogP contribution in [0.15, 0.2) is 51.9 Å². The summed E-state index contributed by atoms with van der Waals surface area (Å²) in [4.78, 5) is 40.4. The van der Waals surface area contributed by atoms with Crippen molar-refractivity contribution in [3.8, 4) is 17.1 Å². The van der Waals surface area contributed by atoms with Gasteiger partial charge in [0.1, 0.15) is 28.6 Å². The fourth-order valence-electron chi connectivity index (χ4n) is 5.91. The quantitative estimate of drug-likeness (QED) is 0.405. The average molecular weight is 480 g/mol. The summed E-state index contributed by atoms with van der Waals surface area (Å²) in [6.45, 7) is 0. The minimum Gasteiger partial charge on any atom is -0.508 e. The number of aliphatic hydroxyl groups excluding tert-OH is 2. The van der Waals surface area contributed by atoms with Crippen molar-refractivity contribution in [2.45, 2.75) is 24.5 Å². The Labute approximate surface area is 199 Å². The molecule has 1 fully saturated rings. The molecule has 3 aliphatic rings. The summed E-state index contributed by atoms with van der Waals surface area (Å²) < 4.78 is 5.51. The van der Waals surface area contributed by atoms with Crippen molar-refractivity contribution in [1.82, 2.24) is 4.90 Å². The van der Waals surface area contributed by atoms with E-state index in [1.165, 1.54) is 17.2 Å². The van der Waals surface area contributed by atoms with Gasteiger partial charge in [-0.05, 0) is 62.7 Å². The fraction of sp³-hybridized carbons (Fsp3) is 0.320. The lowest BCUT2D eigenvalue weighted by molar-refractivity contribution is -0.153. The second kappa shape index (κ2) is 7.56. The molecule has 182 valence electrons. The van der Waals surface area contributed by atoms with Gasteiger partial charge >= 0.3 is 0 Å². The number of fused-ring (bicyclic) bond motifs is 3. The zero-order valence-corrected chi connectivity index (χ0v) is 19.0. The summed E-state index contributed by atoms with van der Waals surface area (Å²) >= 11 is 0. The van der Waals surface area contributed by atoms with Gasteiger partial charge in [-0.3, -0.25) is 19.3 Å². The summed E-state index contributed by atoms with van der Waals surface area (Å²) in [5, 5.41) is 44.2. The number of benzene rings is 1. The van der Waals surface area contributed by atoms with Crippen LogP contribution in [0.25, 0.3) is 17.1 Å². The number of phenols is 1. The molecular weight excluding hydrogens is 456 g/mol. The predicted octanol–water partition coefficient (Wildman–Crippen LogP) is 1.22. The molecule has 0 bridgehead atoms. The molecule has 0 spiro atoms. The molecule has 1 aromatic carbocycles. The first-order chi connectivity index (χ1) is 16.5. The number of primary amides is 1. The monoisotopic (exact) mass is 480 g/mol. The van der Waals surface area contributed by atoms with Crippen LogP contribution >= 0.6 is 0 Å². The maximum atomic E-state index is 13.8. The summed E-state index contributed by atoms with van der Waals surface area (Å²) in [5.74, 6) is -6.28. The van der Waals surface area contributed by atoms with E-state index in [1.807, 2.05) is 0 Å². The standard InChI is InChI=1S/C25H24N2O8/c1-27(2)19-13-9-10-8-12-11(15-4-3-7-35-15)5-6-14(28)17(12)20(29)16(10)22(31)25(13,34)23(32)18(21(19)30)24(26)33/h3-7,10,13,19,28-29,32,34H,8-9H2,1-2H3,(H2,26,33)/t10-,13-,19-,25-/m0/s1. The molecular formula is C25H24N2O8. The lowest BCUT2D eigenvalue weighted by Gasteiger charge is -2.50. The van der Waals surface area contributed by atoms with E-state index < -0.39 is 58.0 Å². The maximum absolute atomic E-state index is 13.8. The predicted molar refractivity (Wildman–Crippen MR) is 122 cm³/mol. The average Bonchev–Trinajstić information content (AvgIpc) is 3.30. The fourth-order valence-corrected chi connectivity index (χ4v) is 5.91. The number of hydrogen-bond donors (Lipinski definition) is 5. The van der Waals surface area contributed by atoms with E-state index in [4.69, 9.17) is 10.2 Å². The highest BCUT2D eigenvalue weighted by atomic mass is 16.3. The number of furan rings is 1. The van der Waals surface area contributed by atoms with E-state index >= 15 is 0 Å². The first-order valence-electron chi connectivity index (χ1n) is 11.0. The smallest absolute Gasteiger partial charge is 0.255 e. The van der Waals surface area contributed by atoms with Gasteiger partial charge in [-0.15, -0.1) is 0 Å². The lowest BCUT2D eigenvalue weighted by Crippen LogP contribution is -2.65. The molecule has 1 heterocycles. The zero-order valence-electron chi connectivity index (χ0n) is 19.0. The first kappa shape index (κ1) is 22.9. The van der Waals surface area contributed by atoms with Crippen molar-refractivity contribution in [3.05, 3.63) is 58.6 Å². The van der Waals surface area contributed by atoms with Gasteiger partial charge in [0.15, 0.2) is 11.4 Å². The number of ketones is 2. The number of Topliss-reactive ketones (excluding diaryl/α,β-unsaturated/α-hetero) is 2. The van der Waals surface area contributed by atoms with Crippen LogP contribution < -0.4 is 5.73 Å². The first-order valence-corrected chi connectivity index (χ1v) is 11.0. The zero-order chi connectivity index (χ0) is 25.4. The molecule has 0 saturated heterocycles. The summed E-state index contributed by atoms with van der Waals surface area (Å²) in [6.07, 6.45) is 1.71. The van der Waals surface area contributed by atoms with Crippen molar-refractivity contribution in [3.63, 3.8) is 0 Å². The van der Waals surface area contributed by atoms with E-state index in [0.29, 0.717) is 16.9 Å². The topological polar surface area (TPSA) is 175 Å². The minimum atomic E-state index is -2.65. The Balaban J connectivity index is 1.75. The molecule has 0 radical (unpaired) electrons. The van der Waals surface area contributed by atoms with Gasteiger partial charge in [0, 0.05) is 17.1 Å². The van der Waals surface area contributed by atoms with Gasteiger partial charge in [-0.2, -0.15) is 0 Å². The molecule has 1 aromatic heterocycles. The highest BCUT2D eigenvalue weighted by Crippen LogP contribution is 2.53. The number of nitrogens with zero attached hydrogens (tertiary/aromatic N) is 1. The molecule has 10 nitrogen and oxygen atoms in total. The van der Waals surface area contributed by atoms with Crippen LogP contribution in [-0.2, 0) is 20.8 Å². The molecule has 4 atom stereocenters. The molecule has 5 rings (SSSR count). The highest BCUT2D eigenvalue weighted by Gasteiger charge is 2.64. The molecule has 10 heteroatoms. The summed E-state index contributed by atoms with van der Waals surface area (Å²) in [5.41, 5.74) is 2.82. The van der Waals surface area contributed by atoms with E-state index in [2.05, 4.69) is 0 Å². The number of aliphatic hydroxyl groups is 3. The molecule has 3 aliphatic carbocycles. The Kier molecular flexibility index (Phi) is 4.94. The van der Waals surface area contributed by atoms with Gasteiger partial charge < -0.3 is 30.6 Å². The van der Waals surface area contributed by atoms with Gasteiger partial charge in [-0.25, -0.2) is 0 Å². The molecule has 1 amide bonds. The second-order valence-electron chi connectivity index (χ2n) is 9.42. The number of nitrogens with two attached hydrogens (primary N) is 1. The van der Waals surface area contributed by atoms with E-state index in [-0.39, 0.29) is 29.7 Å². The number of carbonyl (C=O) groups is 3. The molecule has 1 saturated carbocycles. The summed E-state index contributed by atoms with van der Waals surface area (Å²) in [7, 11) is 3.11. The summed E-state index contributed by atoms with van der Waals surface area (Å²) in [6, 6.07) is 5.31. The maximum Gasteiger partial charge on any atom is 0.255 e. The van der Waals surface area contributed by atoms with E-state index in [9.17, 15) is 34.8 Å². The van der Waals surface area contributed by atoms with Crippen LogP contribution in [0.5, 0.6) is 5.75 Å². The highest BCUT2D eigenvalue weighted by molar-refractivity contribution is 6.24. The van der Waals surface area contributed by atoms with Crippen molar-refractivity contribution < 1.29 is 39.2 Å². The van der Waals surface area contributed by atoms with Gasteiger partial charge in [0.05, 0.1) is 17.9 Å². The number of carbonyl (C=O) groups excluding carboxylic acids is 3. The SMILES string of the molecule is CN(C)[C@@H]1C(=O)C(C(N)=O)=C(O)[C@@]2(O)C(=O)C3=C(O)c4c(O)ccc(-c5ccco5)c4C[C@H]3C[C@@H]12. The third-order valence-electron chi connectivity index (χ3n) is 7.39. The van der Waals surface area contributed by atoms with Gasteiger partial charge in [0.2, 0.25) is 5.78 Å². The molecule has 2 aromatic rings. The Morgan fingerprint density at radius 1 is 1.17 bits per heavy atom. The van der Waals surface area contributed by atoms with Gasteiger partial charge in [-0.1, -0.05) is 0 Å². The Morgan fingerprint density at radius 3 is 2.49 bits per heavy atom. The third-order valence-corrected chi connectivity index (χ3v) is 7.39. The van der Waals surface area contributed by atoms with Crippen molar-refractivity contribution in [2.75, 3.05) is 14.1 Å². The van der Waals surface area contributed by atoms with Crippen molar-refractivity contribution >= 4 is 23.2 Å². The van der Waals surface area contributed by atoms with Crippen molar-refractivity contribution in [2.24, 2.45) is 17.6 Å². The Hall–Kier alpha value is -3.89. The Morgan fingerprint density at radius 2 is 1.89 bits per heavy atom. The van der Waals surface area contributed by atoms with Crippen LogP contribution in [0.4, 0.5) is 0 Å². The molecule has 35 heavy (non-hydrogen) atoms. The van der Waals surface area contributed by atoms with Crippen LogP contribution in [0, 0.1) is 11.8 Å².